The molecule has 0 aromatic carbocycles. The summed E-state index contributed by atoms with van der Waals surface area (Å²) in [6.45, 7) is 0. The van der Waals surface area contributed by atoms with Gasteiger partial charge in [-0.15, -0.1) is 11.6 Å². The first-order chi connectivity index (χ1) is 6.61. The number of aldehydes is 1. The largest absolute Gasteiger partial charge is 0.298 e. The lowest BCUT2D eigenvalue weighted by molar-refractivity contribution is 0.110. The molecule has 0 aliphatic heterocycles. The summed E-state index contributed by atoms with van der Waals surface area (Å²) in [5.41, 5.74) is -0.494. The molecule has 0 bridgehead atoms. The van der Waals surface area contributed by atoms with Crippen LogP contribution in [-0.2, 0) is 5.88 Å². The van der Waals surface area contributed by atoms with Crippen molar-refractivity contribution in [1.82, 2.24) is 4.98 Å². The Bertz CT molecular complexity index is 357. The maximum atomic E-state index is 12.3. The molecule has 1 rings (SSSR count). The number of nitrogens with zero attached hydrogens (tertiary/aromatic N) is 1. The normalized spacial score (nSPS) is 10.6. The Morgan fingerprint density at radius 3 is 2.64 bits per heavy atom. The van der Waals surface area contributed by atoms with Gasteiger partial charge in [0.2, 0.25) is 0 Å². The van der Waals surface area contributed by atoms with Crippen LogP contribution in [0.2, 0.25) is 5.02 Å². The topological polar surface area (TPSA) is 30.0 Å². The highest BCUT2D eigenvalue weighted by molar-refractivity contribution is 6.34. The number of aromatic nitrogens is 1. The van der Waals surface area contributed by atoms with Crippen LogP contribution in [0.5, 0.6) is 0 Å². The van der Waals surface area contributed by atoms with Gasteiger partial charge in [0.1, 0.15) is 0 Å². The van der Waals surface area contributed by atoms with Gasteiger partial charge < -0.3 is 0 Å². The number of rotatable bonds is 3. The Morgan fingerprint density at radius 2 is 2.21 bits per heavy atom. The van der Waals surface area contributed by atoms with Crippen molar-refractivity contribution >= 4 is 29.5 Å². The standard InChI is InChI=1S/C8H5Cl2F2NO/c9-1-6-7(10)5(3-14)4(2-13-6)8(11)12/h2-3,8H,1H2. The molecule has 1 aromatic heterocycles. The number of alkyl halides is 3. The molecule has 0 saturated heterocycles. The second-order valence-electron chi connectivity index (χ2n) is 2.44. The fraction of sp³-hybridized carbons (Fsp3) is 0.250. The average Bonchev–Trinajstić information content (AvgIpc) is 2.17. The Morgan fingerprint density at radius 1 is 1.57 bits per heavy atom. The van der Waals surface area contributed by atoms with Crippen LogP contribution in [-0.4, -0.2) is 11.3 Å². The molecule has 14 heavy (non-hydrogen) atoms. The van der Waals surface area contributed by atoms with E-state index < -0.39 is 12.0 Å². The van der Waals surface area contributed by atoms with Gasteiger partial charge in [-0.05, 0) is 0 Å². The van der Waals surface area contributed by atoms with Gasteiger partial charge in [0, 0.05) is 17.3 Å². The molecule has 0 N–H and O–H groups in total. The highest BCUT2D eigenvalue weighted by atomic mass is 35.5. The summed E-state index contributed by atoms with van der Waals surface area (Å²) in [5.74, 6) is -0.0246. The van der Waals surface area contributed by atoms with E-state index in [9.17, 15) is 13.6 Å². The predicted molar refractivity (Wildman–Crippen MR) is 49.1 cm³/mol. The molecule has 0 spiro atoms. The van der Waals surface area contributed by atoms with E-state index >= 15 is 0 Å². The fourth-order valence-electron chi connectivity index (χ4n) is 0.943. The minimum atomic E-state index is -2.77. The van der Waals surface area contributed by atoms with Crippen molar-refractivity contribution in [3.8, 4) is 0 Å². The second kappa shape index (κ2) is 4.66. The van der Waals surface area contributed by atoms with Crippen molar-refractivity contribution in [3.63, 3.8) is 0 Å². The maximum Gasteiger partial charge on any atom is 0.266 e. The van der Waals surface area contributed by atoms with E-state index in [1.165, 1.54) is 0 Å². The highest BCUT2D eigenvalue weighted by Gasteiger charge is 2.18. The van der Waals surface area contributed by atoms with Crippen molar-refractivity contribution in [2.24, 2.45) is 0 Å². The van der Waals surface area contributed by atoms with Crippen LogP contribution < -0.4 is 0 Å². The summed E-state index contributed by atoms with van der Waals surface area (Å²) in [4.78, 5) is 14.2. The van der Waals surface area contributed by atoms with Crippen LogP contribution in [0, 0.1) is 0 Å². The first-order valence-electron chi connectivity index (χ1n) is 3.58. The van der Waals surface area contributed by atoms with E-state index in [1.807, 2.05) is 0 Å². The monoisotopic (exact) mass is 239 g/mol. The summed E-state index contributed by atoms with van der Waals surface area (Å²) in [7, 11) is 0. The van der Waals surface area contributed by atoms with Crippen molar-refractivity contribution < 1.29 is 13.6 Å². The molecular formula is C8H5Cl2F2NO. The Balaban J connectivity index is 3.35. The van der Waals surface area contributed by atoms with Gasteiger partial charge >= 0.3 is 0 Å². The second-order valence-corrected chi connectivity index (χ2v) is 3.09. The Labute approximate surface area is 88.8 Å². The number of hydrogen-bond donors (Lipinski definition) is 0. The number of halogens is 4. The molecular weight excluding hydrogens is 235 g/mol. The molecule has 1 aromatic rings. The number of carbonyl (C=O) groups excluding carboxylic acids is 1. The van der Waals surface area contributed by atoms with Crippen LogP contribution >= 0.6 is 23.2 Å². The SMILES string of the molecule is O=Cc1c(C(F)F)cnc(CCl)c1Cl. The molecule has 0 atom stereocenters. The van der Waals surface area contributed by atoms with Gasteiger partial charge in [-0.1, -0.05) is 11.6 Å². The summed E-state index contributed by atoms with van der Waals surface area (Å²) < 4.78 is 24.7. The smallest absolute Gasteiger partial charge is 0.266 e. The minimum absolute atomic E-state index is 0.0246. The first-order valence-corrected chi connectivity index (χ1v) is 4.49. The zero-order valence-electron chi connectivity index (χ0n) is 6.81. The van der Waals surface area contributed by atoms with Crippen LogP contribution in [0.4, 0.5) is 8.78 Å². The van der Waals surface area contributed by atoms with Gasteiger partial charge in [-0.2, -0.15) is 0 Å². The molecule has 0 aliphatic rings. The van der Waals surface area contributed by atoms with E-state index in [0.29, 0.717) is 0 Å². The maximum absolute atomic E-state index is 12.3. The Kier molecular flexibility index (Phi) is 3.77. The molecule has 0 saturated carbocycles. The summed E-state index contributed by atoms with van der Waals surface area (Å²) in [6, 6.07) is 0. The number of carbonyl (C=O) groups is 1. The molecule has 2 nitrogen and oxygen atoms in total. The van der Waals surface area contributed by atoms with E-state index in [2.05, 4.69) is 4.98 Å². The van der Waals surface area contributed by atoms with Crippen LogP contribution in [0.1, 0.15) is 28.0 Å². The van der Waals surface area contributed by atoms with E-state index in [0.717, 1.165) is 6.20 Å². The van der Waals surface area contributed by atoms with Crippen molar-refractivity contribution in [1.29, 1.82) is 0 Å². The van der Waals surface area contributed by atoms with E-state index in [1.54, 1.807) is 0 Å². The van der Waals surface area contributed by atoms with Gasteiger partial charge in [-0.3, -0.25) is 9.78 Å². The molecule has 0 fully saturated rings. The zero-order chi connectivity index (χ0) is 10.7. The van der Waals surface area contributed by atoms with E-state index in [-0.39, 0.29) is 28.4 Å². The lowest BCUT2D eigenvalue weighted by Crippen LogP contribution is -2.00. The van der Waals surface area contributed by atoms with Crippen LogP contribution in [0.25, 0.3) is 0 Å². The fourth-order valence-corrected chi connectivity index (χ4v) is 1.48. The lowest BCUT2D eigenvalue weighted by atomic mass is 10.1. The third-order valence-corrected chi connectivity index (χ3v) is 2.31. The Hall–Kier alpha value is -0.740. The number of pyridine rings is 1. The van der Waals surface area contributed by atoms with Crippen molar-refractivity contribution in [2.45, 2.75) is 12.3 Å². The summed E-state index contributed by atoms with van der Waals surface area (Å²) in [5, 5.41) is -0.104. The molecule has 0 unspecified atom stereocenters. The van der Waals surface area contributed by atoms with Gasteiger partial charge in [0.05, 0.1) is 16.6 Å². The van der Waals surface area contributed by atoms with Gasteiger partial charge in [-0.25, -0.2) is 8.78 Å². The average molecular weight is 240 g/mol. The van der Waals surface area contributed by atoms with Gasteiger partial charge in [0.15, 0.2) is 6.29 Å². The third kappa shape index (κ3) is 2.01. The van der Waals surface area contributed by atoms with Crippen LogP contribution in [0.3, 0.4) is 0 Å². The number of hydrogen-bond acceptors (Lipinski definition) is 2. The molecule has 1 heterocycles. The highest BCUT2D eigenvalue weighted by Crippen LogP contribution is 2.28. The molecule has 0 amide bonds. The predicted octanol–water partition coefficient (Wildman–Crippen LogP) is 3.22. The first kappa shape index (κ1) is 11.3. The van der Waals surface area contributed by atoms with Gasteiger partial charge in [0.25, 0.3) is 6.43 Å². The van der Waals surface area contributed by atoms with Crippen molar-refractivity contribution in [3.05, 3.63) is 28.0 Å². The molecule has 6 heteroatoms. The molecule has 0 aliphatic carbocycles. The van der Waals surface area contributed by atoms with E-state index in [4.69, 9.17) is 23.2 Å². The summed E-state index contributed by atoms with van der Waals surface area (Å²) in [6.07, 6.45) is -1.58. The third-order valence-electron chi connectivity index (χ3n) is 1.64. The minimum Gasteiger partial charge on any atom is -0.298 e. The quantitative estimate of drug-likeness (QED) is 0.599. The van der Waals surface area contributed by atoms with Crippen LogP contribution in [0.15, 0.2) is 6.20 Å². The zero-order valence-corrected chi connectivity index (χ0v) is 8.32. The summed E-state index contributed by atoms with van der Waals surface area (Å²) >= 11 is 11.1. The molecule has 76 valence electrons. The van der Waals surface area contributed by atoms with Crippen molar-refractivity contribution in [2.75, 3.05) is 0 Å². The lowest BCUT2D eigenvalue weighted by Gasteiger charge is -2.07. The molecule has 0 radical (unpaired) electrons.